The van der Waals surface area contributed by atoms with Crippen molar-refractivity contribution in [1.82, 2.24) is 9.97 Å². The Labute approximate surface area is 150 Å². The van der Waals surface area contributed by atoms with Crippen molar-refractivity contribution in [3.8, 4) is 0 Å². The molecule has 25 heavy (non-hydrogen) atoms. The van der Waals surface area contributed by atoms with Gasteiger partial charge in [-0.1, -0.05) is 25.5 Å². The first-order valence-corrected chi connectivity index (χ1v) is 9.96. The Morgan fingerprint density at radius 2 is 2.00 bits per heavy atom. The molecule has 0 aromatic carbocycles. The normalized spacial score (nSPS) is 43.0. The lowest BCUT2D eigenvalue weighted by atomic mass is 9.47. The van der Waals surface area contributed by atoms with Crippen LogP contribution in [0.3, 0.4) is 0 Å². The summed E-state index contributed by atoms with van der Waals surface area (Å²) in [6.45, 7) is 4.95. The number of imidazole rings is 1. The Balaban J connectivity index is 1.49. The van der Waals surface area contributed by atoms with Crippen LogP contribution in [0.2, 0.25) is 0 Å². The molecule has 4 aliphatic carbocycles. The van der Waals surface area contributed by atoms with Gasteiger partial charge in [0, 0.05) is 6.42 Å². The maximum Gasteiger partial charge on any atom is 0.155 e. The van der Waals surface area contributed by atoms with Gasteiger partial charge in [-0.3, -0.25) is 4.79 Å². The molecule has 0 spiro atoms. The SMILES string of the molecule is CC12CCC(=O)C=C1CCC1C2CCC2(C)C(c3cnc[nH]3)=CCC12. The molecule has 5 atom stereocenters. The van der Waals surface area contributed by atoms with E-state index in [2.05, 4.69) is 29.9 Å². The molecular weight excluding hydrogens is 308 g/mol. The summed E-state index contributed by atoms with van der Waals surface area (Å²) in [5, 5.41) is 0. The number of nitrogens with zero attached hydrogens (tertiary/aromatic N) is 1. The number of aromatic amines is 1. The Bertz CT molecular complexity index is 774. The van der Waals surface area contributed by atoms with Gasteiger partial charge in [0.05, 0.1) is 18.2 Å². The number of allylic oxidation sites excluding steroid dienone is 4. The van der Waals surface area contributed by atoms with Crippen LogP contribution >= 0.6 is 0 Å². The number of hydrogen-bond acceptors (Lipinski definition) is 2. The Hall–Kier alpha value is -1.64. The molecule has 0 radical (unpaired) electrons. The van der Waals surface area contributed by atoms with Crippen LogP contribution in [-0.4, -0.2) is 15.8 Å². The standard InChI is InChI=1S/C22H28N2O/c1-21-9-7-15(25)11-14(21)3-4-16-17-5-6-19(20-12-23-13-24-20)22(17,2)10-8-18(16)21/h6,11-13,16-18H,3-5,7-10H2,1-2H3,(H,23,24). The van der Waals surface area contributed by atoms with Crippen LogP contribution in [0.25, 0.3) is 5.57 Å². The number of carbonyl (C=O) groups is 1. The maximum absolute atomic E-state index is 11.9. The van der Waals surface area contributed by atoms with Gasteiger partial charge in [-0.25, -0.2) is 4.98 Å². The largest absolute Gasteiger partial charge is 0.345 e. The molecule has 0 aliphatic heterocycles. The van der Waals surface area contributed by atoms with Crippen LogP contribution in [0.5, 0.6) is 0 Å². The van der Waals surface area contributed by atoms with E-state index in [9.17, 15) is 4.79 Å². The summed E-state index contributed by atoms with van der Waals surface area (Å²) in [6, 6.07) is 0. The molecule has 1 aromatic rings. The monoisotopic (exact) mass is 336 g/mol. The summed E-state index contributed by atoms with van der Waals surface area (Å²) in [6.07, 6.45) is 16.3. The first-order valence-electron chi connectivity index (χ1n) is 9.96. The molecule has 132 valence electrons. The molecule has 3 nitrogen and oxygen atoms in total. The van der Waals surface area contributed by atoms with Crippen LogP contribution in [-0.2, 0) is 4.79 Å². The number of carbonyl (C=O) groups excluding carboxylic acids is 1. The summed E-state index contributed by atoms with van der Waals surface area (Å²) in [5.74, 6) is 2.66. The number of nitrogens with one attached hydrogen (secondary N) is 1. The van der Waals surface area contributed by atoms with E-state index in [1.807, 2.05) is 12.3 Å². The van der Waals surface area contributed by atoms with Crippen molar-refractivity contribution in [2.24, 2.45) is 28.6 Å². The molecule has 4 aliphatic rings. The van der Waals surface area contributed by atoms with Gasteiger partial charge in [0.25, 0.3) is 0 Å². The zero-order chi connectivity index (χ0) is 17.2. The van der Waals surface area contributed by atoms with Gasteiger partial charge in [0.2, 0.25) is 0 Å². The third-order valence-electron chi connectivity index (χ3n) is 8.33. The van der Waals surface area contributed by atoms with Crippen molar-refractivity contribution in [2.45, 2.75) is 58.8 Å². The fraction of sp³-hybridized carbons (Fsp3) is 0.636. The quantitative estimate of drug-likeness (QED) is 0.790. The summed E-state index contributed by atoms with van der Waals surface area (Å²) < 4.78 is 0. The minimum atomic E-state index is 0.273. The Morgan fingerprint density at radius 3 is 2.80 bits per heavy atom. The third-order valence-corrected chi connectivity index (χ3v) is 8.33. The van der Waals surface area contributed by atoms with E-state index >= 15 is 0 Å². The van der Waals surface area contributed by atoms with Crippen molar-refractivity contribution in [3.63, 3.8) is 0 Å². The molecule has 0 bridgehead atoms. The molecular formula is C22H28N2O. The second kappa shape index (κ2) is 5.18. The highest BCUT2D eigenvalue weighted by molar-refractivity contribution is 5.91. The van der Waals surface area contributed by atoms with E-state index in [-0.39, 0.29) is 10.8 Å². The van der Waals surface area contributed by atoms with Gasteiger partial charge in [-0.15, -0.1) is 0 Å². The molecule has 3 heteroatoms. The molecule has 2 fully saturated rings. The average Bonchev–Trinajstić information content (AvgIpc) is 3.22. The van der Waals surface area contributed by atoms with Crippen molar-refractivity contribution >= 4 is 11.4 Å². The van der Waals surface area contributed by atoms with E-state index in [0.717, 1.165) is 37.0 Å². The van der Waals surface area contributed by atoms with Crippen LogP contribution in [0.1, 0.15) is 64.5 Å². The third kappa shape index (κ3) is 2.04. The zero-order valence-corrected chi connectivity index (χ0v) is 15.3. The highest BCUT2D eigenvalue weighted by atomic mass is 16.1. The predicted octanol–water partition coefficient (Wildman–Crippen LogP) is 4.93. The fourth-order valence-electron chi connectivity index (χ4n) is 6.95. The van der Waals surface area contributed by atoms with E-state index in [4.69, 9.17) is 0 Å². The minimum absolute atomic E-state index is 0.273. The van der Waals surface area contributed by atoms with E-state index in [1.54, 1.807) is 6.33 Å². The maximum atomic E-state index is 11.9. The van der Waals surface area contributed by atoms with Gasteiger partial charge in [-0.05, 0) is 78.8 Å². The summed E-state index contributed by atoms with van der Waals surface area (Å²) in [5.41, 5.74) is 4.74. The van der Waals surface area contributed by atoms with Crippen molar-refractivity contribution in [3.05, 3.63) is 35.9 Å². The number of aromatic nitrogens is 2. The van der Waals surface area contributed by atoms with Crippen LogP contribution in [0, 0.1) is 28.6 Å². The topological polar surface area (TPSA) is 45.8 Å². The fourth-order valence-corrected chi connectivity index (χ4v) is 6.95. The number of ketones is 1. The van der Waals surface area contributed by atoms with Gasteiger partial charge in [0.1, 0.15) is 0 Å². The number of H-pyrrole nitrogens is 1. The molecule has 1 heterocycles. The van der Waals surface area contributed by atoms with Crippen LogP contribution < -0.4 is 0 Å². The van der Waals surface area contributed by atoms with Gasteiger partial charge >= 0.3 is 0 Å². The molecule has 5 unspecified atom stereocenters. The Kier molecular flexibility index (Phi) is 3.24. The number of hydrogen-bond donors (Lipinski definition) is 1. The second-order valence-corrected chi connectivity index (χ2v) is 9.24. The predicted molar refractivity (Wildman–Crippen MR) is 98.7 cm³/mol. The highest BCUT2D eigenvalue weighted by Gasteiger charge is 2.57. The molecule has 1 aromatic heterocycles. The first kappa shape index (κ1) is 15.6. The molecule has 1 N–H and O–H groups in total. The van der Waals surface area contributed by atoms with Crippen LogP contribution in [0.15, 0.2) is 30.2 Å². The number of rotatable bonds is 1. The summed E-state index contributed by atoms with van der Waals surface area (Å²) >= 11 is 0. The lowest BCUT2D eigenvalue weighted by Crippen LogP contribution is -2.49. The van der Waals surface area contributed by atoms with E-state index in [0.29, 0.717) is 5.78 Å². The summed E-state index contributed by atoms with van der Waals surface area (Å²) in [4.78, 5) is 19.5. The van der Waals surface area contributed by atoms with Crippen molar-refractivity contribution < 1.29 is 4.79 Å². The first-order chi connectivity index (χ1) is 12.0. The van der Waals surface area contributed by atoms with Gasteiger partial charge < -0.3 is 4.98 Å². The Morgan fingerprint density at radius 1 is 1.12 bits per heavy atom. The lowest BCUT2D eigenvalue weighted by molar-refractivity contribution is -0.117. The van der Waals surface area contributed by atoms with E-state index in [1.165, 1.54) is 42.5 Å². The highest BCUT2D eigenvalue weighted by Crippen LogP contribution is 2.66. The molecule has 0 amide bonds. The van der Waals surface area contributed by atoms with E-state index < -0.39 is 0 Å². The van der Waals surface area contributed by atoms with Crippen LogP contribution in [0.4, 0.5) is 0 Å². The number of fused-ring (bicyclic) bond motifs is 5. The zero-order valence-electron chi connectivity index (χ0n) is 15.3. The molecule has 0 saturated heterocycles. The molecule has 2 saturated carbocycles. The average molecular weight is 336 g/mol. The van der Waals surface area contributed by atoms with Gasteiger partial charge in [0.15, 0.2) is 5.78 Å². The second-order valence-electron chi connectivity index (χ2n) is 9.24. The smallest absolute Gasteiger partial charge is 0.155 e. The summed E-state index contributed by atoms with van der Waals surface area (Å²) in [7, 11) is 0. The molecule has 5 rings (SSSR count). The van der Waals surface area contributed by atoms with Crippen molar-refractivity contribution in [1.29, 1.82) is 0 Å². The van der Waals surface area contributed by atoms with Gasteiger partial charge in [-0.2, -0.15) is 0 Å². The minimum Gasteiger partial charge on any atom is -0.345 e. The lowest BCUT2D eigenvalue weighted by Gasteiger charge is -2.57. The van der Waals surface area contributed by atoms with Crippen molar-refractivity contribution in [2.75, 3.05) is 0 Å².